The lowest BCUT2D eigenvalue weighted by Crippen LogP contribution is -2.34. The van der Waals surface area contributed by atoms with E-state index in [4.69, 9.17) is 24.8 Å². The van der Waals surface area contributed by atoms with Crippen LogP contribution in [0.1, 0.15) is 181 Å². The smallest absolute Gasteiger partial charge is 0.472 e. The zero-order valence-electron chi connectivity index (χ0n) is 35.0. The molecule has 0 amide bonds. The van der Waals surface area contributed by atoms with Crippen molar-refractivity contribution in [3.8, 4) is 0 Å². The molecule has 0 aromatic carbocycles. The molecule has 1 unspecified atom stereocenters. The van der Waals surface area contributed by atoms with Crippen molar-refractivity contribution in [2.24, 2.45) is 5.73 Å². The summed E-state index contributed by atoms with van der Waals surface area (Å²) in [6.45, 7) is 2.74. The van der Waals surface area contributed by atoms with Crippen molar-refractivity contribution in [3.05, 3.63) is 48.6 Å². The van der Waals surface area contributed by atoms with Gasteiger partial charge in [0.25, 0.3) is 0 Å². The minimum Gasteiger partial charge on any atom is -0.480 e. The molecule has 0 saturated heterocycles. The first-order chi connectivity index (χ1) is 27.1. The molecule has 0 saturated carbocycles. The predicted molar refractivity (Wildman–Crippen MR) is 226 cm³/mol. The molecule has 0 spiro atoms. The lowest BCUT2D eigenvalue weighted by Gasteiger charge is -2.20. The minimum atomic E-state index is -4.72. The summed E-state index contributed by atoms with van der Waals surface area (Å²) in [6, 6.07) is -1.53. The number of rotatable bonds is 40. The topological polar surface area (TPSA) is 172 Å². The van der Waals surface area contributed by atoms with E-state index in [1.54, 1.807) is 0 Å². The molecule has 0 aromatic heterocycles. The molecule has 0 aromatic rings. The monoisotopic (exact) mass is 812 g/mol. The van der Waals surface area contributed by atoms with Crippen molar-refractivity contribution in [2.75, 3.05) is 19.8 Å². The van der Waals surface area contributed by atoms with Gasteiger partial charge in [0.2, 0.25) is 0 Å². The van der Waals surface area contributed by atoms with Crippen LogP contribution in [0.3, 0.4) is 0 Å². The van der Waals surface area contributed by atoms with E-state index in [-0.39, 0.29) is 19.4 Å². The number of carboxylic acids is 1. The number of aliphatic carboxylic acids is 1. The number of carbonyl (C=O) groups excluding carboxylic acids is 2. The molecule has 12 heteroatoms. The molecule has 0 aliphatic heterocycles. The van der Waals surface area contributed by atoms with Crippen molar-refractivity contribution in [2.45, 2.75) is 193 Å². The molecule has 4 N–H and O–H groups in total. The van der Waals surface area contributed by atoms with Crippen molar-refractivity contribution < 1.29 is 47.5 Å². The van der Waals surface area contributed by atoms with Crippen LogP contribution in [-0.4, -0.2) is 59.9 Å². The highest BCUT2D eigenvalue weighted by Gasteiger charge is 2.28. The lowest BCUT2D eigenvalue weighted by atomic mass is 10.0. The zero-order valence-corrected chi connectivity index (χ0v) is 35.9. The van der Waals surface area contributed by atoms with E-state index in [1.807, 2.05) is 0 Å². The number of esters is 2. The third kappa shape index (κ3) is 38.3. The van der Waals surface area contributed by atoms with Crippen LogP contribution in [0.5, 0.6) is 0 Å². The van der Waals surface area contributed by atoms with Gasteiger partial charge in [-0.2, -0.15) is 0 Å². The molecule has 0 fully saturated rings. The maximum atomic E-state index is 12.6. The molecule has 11 nitrogen and oxygen atoms in total. The van der Waals surface area contributed by atoms with Crippen LogP contribution >= 0.6 is 7.82 Å². The fourth-order valence-corrected chi connectivity index (χ4v) is 6.41. The minimum absolute atomic E-state index is 0.124. The first-order valence-electron chi connectivity index (χ1n) is 21.7. The Kier molecular flexibility index (Phi) is 37.5. The Bertz CT molecular complexity index is 1140. The van der Waals surface area contributed by atoms with E-state index in [9.17, 15) is 23.8 Å². The van der Waals surface area contributed by atoms with Crippen LogP contribution in [0.15, 0.2) is 48.6 Å². The van der Waals surface area contributed by atoms with Crippen molar-refractivity contribution in [3.63, 3.8) is 0 Å². The van der Waals surface area contributed by atoms with Crippen LogP contribution in [0.25, 0.3) is 0 Å². The Morgan fingerprint density at radius 2 is 0.946 bits per heavy atom. The third-order valence-electron chi connectivity index (χ3n) is 9.08. The molecular weight excluding hydrogens is 733 g/mol. The first kappa shape index (κ1) is 53.4. The van der Waals surface area contributed by atoms with Gasteiger partial charge in [-0.05, 0) is 57.8 Å². The van der Waals surface area contributed by atoms with Gasteiger partial charge >= 0.3 is 25.7 Å². The summed E-state index contributed by atoms with van der Waals surface area (Å²) in [7, 11) is -4.72. The second kappa shape index (κ2) is 39.3. The Morgan fingerprint density at radius 3 is 1.45 bits per heavy atom. The maximum absolute atomic E-state index is 12.6. The van der Waals surface area contributed by atoms with E-state index in [2.05, 4.69) is 67.0 Å². The summed E-state index contributed by atoms with van der Waals surface area (Å²) in [5, 5.41) is 8.88. The van der Waals surface area contributed by atoms with Crippen molar-refractivity contribution in [1.82, 2.24) is 0 Å². The summed E-state index contributed by atoms with van der Waals surface area (Å²) in [4.78, 5) is 45.9. The summed E-state index contributed by atoms with van der Waals surface area (Å²) < 4.78 is 32.6. The fourth-order valence-electron chi connectivity index (χ4n) is 5.64. The molecular formula is C44H78NO10P. The number of phosphoric ester groups is 1. The standard InChI is InChI=1S/C44H78NO10P/c1-3-5-7-9-11-13-15-17-18-19-20-21-22-24-26-28-30-32-34-36-43(47)55-40(38-53-56(50,51)54-39-41(45)44(48)49)37-52-42(46)35-33-31-29-27-25-23-16-14-12-10-8-6-4-2/h11,13,17-18,20-21,24,26,40-41H,3-10,12,14-16,19,22-23,25,27-39,45H2,1-2H3,(H,48,49)(H,50,51)/b13-11-,18-17-,21-20-,26-24-/t40-,41+/m1/s1. The largest absolute Gasteiger partial charge is 0.480 e. The number of hydrogen-bond acceptors (Lipinski definition) is 9. The molecule has 0 radical (unpaired) electrons. The summed E-state index contributed by atoms with van der Waals surface area (Å²) >= 11 is 0. The molecule has 0 heterocycles. The number of nitrogens with two attached hydrogens (primary N) is 1. The van der Waals surface area contributed by atoms with Crippen LogP contribution in [0.4, 0.5) is 0 Å². The Labute approximate surface area is 339 Å². The zero-order chi connectivity index (χ0) is 41.4. The lowest BCUT2D eigenvalue weighted by molar-refractivity contribution is -0.161. The van der Waals surface area contributed by atoms with E-state index in [1.165, 1.54) is 83.5 Å². The molecule has 324 valence electrons. The fraction of sp³-hybridized carbons (Fsp3) is 0.750. The van der Waals surface area contributed by atoms with Crippen molar-refractivity contribution in [1.29, 1.82) is 0 Å². The Balaban J connectivity index is 4.43. The highest BCUT2D eigenvalue weighted by Crippen LogP contribution is 2.43. The van der Waals surface area contributed by atoms with E-state index in [0.717, 1.165) is 57.8 Å². The van der Waals surface area contributed by atoms with Gasteiger partial charge in [0, 0.05) is 12.8 Å². The maximum Gasteiger partial charge on any atom is 0.472 e. The van der Waals surface area contributed by atoms with Crippen molar-refractivity contribution >= 4 is 25.7 Å². The summed E-state index contributed by atoms with van der Waals surface area (Å²) in [5.74, 6) is -2.42. The quantitative estimate of drug-likeness (QED) is 0.0233. The second-order valence-electron chi connectivity index (χ2n) is 14.5. The Hall–Kier alpha value is -2.56. The third-order valence-corrected chi connectivity index (χ3v) is 10.0. The van der Waals surface area contributed by atoms with Gasteiger partial charge in [0.1, 0.15) is 12.6 Å². The second-order valence-corrected chi connectivity index (χ2v) is 15.9. The van der Waals surface area contributed by atoms with Gasteiger partial charge in [-0.3, -0.25) is 23.4 Å². The number of phosphoric acid groups is 1. The molecule has 0 rings (SSSR count). The number of carbonyl (C=O) groups is 3. The number of hydrogen-bond donors (Lipinski definition) is 3. The van der Waals surface area contributed by atoms with E-state index in [0.29, 0.717) is 12.8 Å². The molecule has 3 atom stereocenters. The van der Waals surface area contributed by atoms with Gasteiger partial charge in [0.05, 0.1) is 13.2 Å². The van der Waals surface area contributed by atoms with Gasteiger partial charge in [-0.15, -0.1) is 0 Å². The molecule has 56 heavy (non-hydrogen) atoms. The molecule has 0 aliphatic rings. The van der Waals surface area contributed by atoms with Crippen LogP contribution in [0, 0.1) is 0 Å². The SMILES string of the molecule is CCCCC/C=C\C/C=C\C/C=C\C/C=C\CCCCCC(=O)O[C@H](COC(=O)CCCCCCCCCCCCCCC)COP(=O)(O)OC[C@H](N)C(=O)O. The van der Waals surface area contributed by atoms with Gasteiger partial charge < -0.3 is 25.2 Å². The average molecular weight is 812 g/mol. The summed E-state index contributed by atoms with van der Waals surface area (Å²) in [5.41, 5.74) is 5.33. The highest BCUT2D eigenvalue weighted by molar-refractivity contribution is 7.47. The van der Waals surface area contributed by atoms with Gasteiger partial charge in [-0.1, -0.05) is 159 Å². The number of carboxylic acid groups (broad SMARTS) is 1. The van der Waals surface area contributed by atoms with E-state index < -0.39 is 51.1 Å². The summed E-state index contributed by atoms with van der Waals surface area (Å²) in [6.07, 6.45) is 43.1. The normalized spacial score (nSPS) is 14.2. The predicted octanol–water partition coefficient (Wildman–Crippen LogP) is 11.4. The van der Waals surface area contributed by atoms with Gasteiger partial charge in [0.15, 0.2) is 6.10 Å². The number of unbranched alkanes of at least 4 members (excludes halogenated alkanes) is 18. The van der Waals surface area contributed by atoms with Crippen LogP contribution in [-0.2, 0) is 37.5 Å². The number of ether oxygens (including phenoxy) is 2. The molecule has 0 aliphatic carbocycles. The van der Waals surface area contributed by atoms with E-state index >= 15 is 0 Å². The van der Waals surface area contributed by atoms with Crippen LogP contribution in [0.2, 0.25) is 0 Å². The number of allylic oxidation sites excluding steroid dienone is 8. The average Bonchev–Trinajstić information content (AvgIpc) is 3.17. The van der Waals surface area contributed by atoms with Gasteiger partial charge in [-0.25, -0.2) is 4.57 Å². The van der Waals surface area contributed by atoms with Crippen LogP contribution < -0.4 is 5.73 Å². The molecule has 0 bridgehead atoms. The first-order valence-corrected chi connectivity index (χ1v) is 23.2. The Morgan fingerprint density at radius 1 is 0.554 bits per heavy atom. The highest BCUT2D eigenvalue weighted by atomic mass is 31.2.